The fourth-order valence-corrected chi connectivity index (χ4v) is 6.97. The van der Waals surface area contributed by atoms with Gasteiger partial charge in [0.2, 0.25) is 11.8 Å². The van der Waals surface area contributed by atoms with Gasteiger partial charge in [-0.2, -0.15) is 0 Å². The second kappa shape index (κ2) is 10.3. The SMILES string of the molecule is CCOc1ccc(N2CC=C[C@]3(C)O[C@]45C=CCN(c6ccc(Cl)cc6)C(=O)C4N(CCO)C(=O)[C@@H]5[C@@H]3C2=O)cc1. The predicted molar refractivity (Wildman–Crippen MR) is 154 cm³/mol. The molecule has 0 bridgehead atoms. The number of benzene rings is 2. The maximum atomic E-state index is 14.4. The van der Waals surface area contributed by atoms with Crippen molar-refractivity contribution in [3.8, 4) is 5.75 Å². The summed E-state index contributed by atoms with van der Waals surface area (Å²) in [5.41, 5.74) is -1.24. The lowest BCUT2D eigenvalue weighted by atomic mass is 9.74. The van der Waals surface area contributed by atoms with Gasteiger partial charge in [0, 0.05) is 36.0 Å². The minimum Gasteiger partial charge on any atom is -0.494 e. The van der Waals surface area contributed by atoms with E-state index in [1.165, 1.54) is 4.90 Å². The molecule has 0 aromatic heterocycles. The molecule has 6 rings (SSSR count). The highest BCUT2D eigenvalue weighted by Crippen LogP contribution is 2.57. The van der Waals surface area contributed by atoms with Gasteiger partial charge in [-0.1, -0.05) is 35.9 Å². The molecular weight excluding hydrogens is 546 g/mol. The average Bonchev–Trinajstić information content (AvgIpc) is 3.21. The van der Waals surface area contributed by atoms with E-state index in [0.29, 0.717) is 35.3 Å². The van der Waals surface area contributed by atoms with Crippen LogP contribution in [0, 0.1) is 11.8 Å². The largest absolute Gasteiger partial charge is 0.494 e. The maximum absolute atomic E-state index is 14.4. The van der Waals surface area contributed by atoms with E-state index in [-0.39, 0.29) is 37.4 Å². The Morgan fingerprint density at radius 3 is 2.15 bits per heavy atom. The first-order valence-corrected chi connectivity index (χ1v) is 14.2. The Morgan fingerprint density at radius 2 is 1.51 bits per heavy atom. The summed E-state index contributed by atoms with van der Waals surface area (Å²) in [6, 6.07) is 13.1. The Hall–Kier alpha value is -3.66. The van der Waals surface area contributed by atoms with E-state index in [0.717, 1.165) is 0 Å². The van der Waals surface area contributed by atoms with Gasteiger partial charge in [0.25, 0.3) is 5.91 Å². The van der Waals surface area contributed by atoms with Crippen LogP contribution in [0.5, 0.6) is 5.75 Å². The Labute approximate surface area is 243 Å². The molecule has 1 N–H and O–H groups in total. The quantitative estimate of drug-likeness (QED) is 0.529. The van der Waals surface area contributed by atoms with Gasteiger partial charge in [-0.15, -0.1) is 0 Å². The molecule has 3 amide bonds. The fourth-order valence-electron chi connectivity index (χ4n) is 6.84. The van der Waals surface area contributed by atoms with Gasteiger partial charge in [0.1, 0.15) is 17.4 Å². The number of carbonyl (C=O) groups excluding carboxylic acids is 3. The molecule has 4 aliphatic heterocycles. The van der Waals surface area contributed by atoms with Crippen LogP contribution < -0.4 is 14.5 Å². The standard InChI is InChI=1S/C31H32ClN3O6/c1-3-40-23-12-10-22(11-13-23)33-16-4-14-30(2)24(27(33)37)25-28(38)35(18-19-36)26-29(39)34(17-5-15-31(25,26)41-30)21-8-6-20(32)7-9-21/h4-15,24-26,36H,3,16-19H2,1-2H3/t24-,25+,26?,30+,31+/m1/s1. The van der Waals surface area contributed by atoms with Crippen molar-refractivity contribution in [3.05, 3.63) is 77.9 Å². The number of aliphatic hydroxyl groups excluding tert-OH is 1. The van der Waals surface area contributed by atoms with Crippen LogP contribution in [0.4, 0.5) is 11.4 Å². The Balaban J connectivity index is 1.42. The molecule has 9 nitrogen and oxygen atoms in total. The zero-order valence-electron chi connectivity index (χ0n) is 22.9. The van der Waals surface area contributed by atoms with Crippen molar-refractivity contribution in [2.24, 2.45) is 11.8 Å². The number of anilines is 2. The highest BCUT2D eigenvalue weighted by molar-refractivity contribution is 6.30. The first-order valence-electron chi connectivity index (χ1n) is 13.8. The highest BCUT2D eigenvalue weighted by atomic mass is 35.5. The molecule has 214 valence electrons. The number of ether oxygens (including phenoxy) is 2. The number of hydrogen-bond donors (Lipinski definition) is 1. The second-order valence-electron chi connectivity index (χ2n) is 10.9. The lowest BCUT2D eigenvalue weighted by Crippen LogP contribution is -2.56. The number of amides is 3. The van der Waals surface area contributed by atoms with Crippen LogP contribution in [0.25, 0.3) is 0 Å². The van der Waals surface area contributed by atoms with E-state index in [1.54, 1.807) is 40.1 Å². The van der Waals surface area contributed by atoms with Crippen molar-refractivity contribution in [3.63, 3.8) is 0 Å². The van der Waals surface area contributed by atoms with Crippen molar-refractivity contribution < 1.29 is 29.0 Å². The molecule has 2 aromatic carbocycles. The first-order chi connectivity index (χ1) is 19.7. The Morgan fingerprint density at radius 1 is 0.902 bits per heavy atom. The molecule has 5 atom stereocenters. The molecule has 2 aromatic rings. The molecule has 1 unspecified atom stereocenters. The van der Waals surface area contributed by atoms with Gasteiger partial charge < -0.3 is 29.3 Å². The van der Waals surface area contributed by atoms with E-state index in [9.17, 15) is 19.5 Å². The summed E-state index contributed by atoms with van der Waals surface area (Å²) in [6.07, 6.45) is 7.33. The number of carbonyl (C=O) groups is 3. The molecule has 2 saturated heterocycles. The number of halogens is 1. The molecule has 2 fully saturated rings. The van der Waals surface area contributed by atoms with Crippen molar-refractivity contribution in [2.45, 2.75) is 31.1 Å². The van der Waals surface area contributed by atoms with E-state index >= 15 is 0 Å². The number of rotatable bonds is 6. The van der Waals surface area contributed by atoms with Crippen LogP contribution in [-0.4, -0.2) is 77.8 Å². The number of fused-ring (bicyclic) bond motifs is 2. The van der Waals surface area contributed by atoms with Crippen LogP contribution in [0.1, 0.15) is 13.8 Å². The lowest BCUT2D eigenvalue weighted by Gasteiger charge is -2.37. The van der Waals surface area contributed by atoms with Crippen LogP contribution in [0.3, 0.4) is 0 Å². The third-order valence-corrected chi connectivity index (χ3v) is 8.75. The third-order valence-electron chi connectivity index (χ3n) is 8.50. The summed E-state index contributed by atoms with van der Waals surface area (Å²) in [4.78, 5) is 47.5. The zero-order valence-corrected chi connectivity index (χ0v) is 23.7. The molecule has 0 saturated carbocycles. The summed E-state index contributed by atoms with van der Waals surface area (Å²) in [6.45, 7) is 4.40. The monoisotopic (exact) mass is 577 g/mol. The number of aliphatic hydroxyl groups is 1. The molecule has 0 aliphatic carbocycles. The lowest BCUT2D eigenvalue weighted by molar-refractivity contribution is -0.144. The molecule has 1 spiro atoms. The summed E-state index contributed by atoms with van der Waals surface area (Å²) < 4.78 is 12.4. The van der Waals surface area contributed by atoms with Gasteiger partial charge in [0.05, 0.1) is 30.7 Å². The Bertz CT molecular complexity index is 1430. The number of β-amino-alcohol motifs (C(OH)–C–C–N with tert-alkyl or cyclic N) is 1. The van der Waals surface area contributed by atoms with Gasteiger partial charge in [-0.25, -0.2) is 0 Å². The average molecular weight is 578 g/mol. The van der Waals surface area contributed by atoms with Crippen molar-refractivity contribution in [1.29, 1.82) is 0 Å². The minimum atomic E-state index is -1.40. The van der Waals surface area contributed by atoms with Crippen LogP contribution >= 0.6 is 11.6 Å². The smallest absolute Gasteiger partial charge is 0.253 e. The summed E-state index contributed by atoms with van der Waals surface area (Å²) in [5.74, 6) is -2.16. The van der Waals surface area contributed by atoms with E-state index in [4.69, 9.17) is 21.1 Å². The van der Waals surface area contributed by atoms with E-state index < -0.39 is 29.1 Å². The van der Waals surface area contributed by atoms with Crippen molar-refractivity contribution in [2.75, 3.05) is 42.6 Å². The minimum absolute atomic E-state index is 0.0603. The molecule has 4 aliphatic rings. The van der Waals surface area contributed by atoms with E-state index in [1.807, 2.05) is 56.3 Å². The van der Waals surface area contributed by atoms with Gasteiger partial charge in [0.15, 0.2) is 0 Å². The van der Waals surface area contributed by atoms with Gasteiger partial charge >= 0.3 is 0 Å². The molecule has 41 heavy (non-hydrogen) atoms. The van der Waals surface area contributed by atoms with Crippen LogP contribution in [0.2, 0.25) is 5.02 Å². The third kappa shape index (κ3) is 4.26. The van der Waals surface area contributed by atoms with Crippen molar-refractivity contribution >= 4 is 40.7 Å². The van der Waals surface area contributed by atoms with Crippen molar-refractivity contribution in [1.82, 2.24) is 4.90 Å². The molecule has 10 heteroatoms. The molecule has 0 radical (unpaired) electrons. The number of hydrogen-bond acceptors (Lipinski definition) is 6. The van der Waals surface area contributed by atoms with E-state index in [2.05, 4.69) is 0 Å². The van der Waals surface area contributed by atoms with Gasteiger partial charge in [-0.05, 0) is 62.4 Å². The highest BCUT2D eigenvalue weighted by Gasteiger charge is 2.74. The normalized spacial score (nSPS) is 30.7. The summed E-state index contributed by atoms with van der Waals surface area (Å²) in [7, 11) is 0. The van der Waals surface area contributed by atoms with Crippen LogP contribution in [0.15, 0.2) is 72.8 Å². The zero-order chi connectivity index (χ0) is 28.9. The molecular formula is C31H32ClN3O6. The van der Waals surface area contributed by atoms with Crippen LogP contribution in [-0.2, 0) is 19.1 Å². The predicted octanol–water partition coefficient (Wildman–Crippen LogP) is 3.21. The maximum Gasteiger partial charge on any atom is 0.253 e. The Kier molecular flexibility index (Phi) is 6.92. The second-order valence-corrected chi connectivity index (χ2v) is 11.3. The fraction of sp³-hybridized carbons (Fsp3) is 0.387. The topological polar surface area (TPSA) is 99.6 Å². The summed E-state index contributed by atoms with van der Waals surface area (Å²) >= 11 is 6.09. The number of nitrogens with zero attached hydrogens (tertiary/aromatic N) is 3. The number of likely N-dealkylation sites (tertiary alicyclic amines) is 1. The molecule has 4 heterocycles. The first kappa shape index (κ1) is 27.5. The summed E-state index contributed by atoms with van der Waals surface area (Å²) in [5, 5.41) is 10.4. The van der Waals surface area contributed by atoms with Gasteiger partial charge in [-0.3, -0.25) is 14.4 Å².